The average molecular weight is 312 g/mol. The smallest absolute Gasteiger partial charge is 0.0684 e. The van der Waals surface area contributed by atoms with E-state index in [0.29, 0.717) is 9.65 Å². The monoisotopic (exact) mass is 310 g/mol. The van der Waals surface area contributed by atoms with Gasteiger partial charge in [0.25, 0.3) is 0 Å². The topological polar surface area (TPSA) is 9.23 Å². The molecule has 0 aromatic rings. The molecule has 0 amide bonds. The maximum atomic E-state index is 5.92. The van der Waals surface area contributed by atoms with Crippen molar-refractivity contribution < 1.29 is 4.74 Å². The average Bonchev–Trinajstić information content (AvgIpc) is 2.54. The maximum absolute atomic E-state index is 5.92. The first-order chi connectivity index (χ1) is 6.22. The Kier molecular flexibility index (Phi) is 3.37. The highest BCUT2D eigenvalue weighted by molar-refractivity contribution is 9.12. The Morgan fingerprint density at radius 1 is 1.00 bits per heavy atom. The van der Waals surface area contributed by atoms with Crippen LogP contribution in [0.1, 0.15) is 38.5 Å². The van der Waals surface area contributed by atoms with Crippen molar-refractivity contribution in [3.63, 3.8) is 0 Å². The van der Waals surface area contributed by atoms with Crippen LogP contribution >= 0.6 is 31.9 Å². The lowest BCUT2D eigenvalue weighted by Crippen LogP contribution is -2.26. The van der Waals surface area contributed by atoms with Gasteiger partial charge in [-0.15, -0.1) is 0 Å². The Morgan fingerprint density at radius 3 is 2.08 bits per heavy atom. The number of alkyl halides is 2. The zero-order valence-electron chi connectivity index (χ0n) is 7.77. The first-order valence-electron chi connectivity index (χ1n) is 5.14. The van der Waals surface area contributed by atoms with E-state index in [1.807, 2.05) is 0 Å². The third-order valence-electron chi connectivity index (χ3n) is 3.33. The van der Waals surface area contributed by atoms with Crippen molar-refractivity contribution in [2.75, 3.05) is 6.61 Å². The van der Waals surface area contributed by atoms with Gasteiger partial charge in [0, 0.05) is 16.3 Å². The zero-order chi connectivity index (χ0) is 9.31. The van der Waals surface area contributed by atoms with Crippen LogP contribution in [0, 0.1) is 0 Å². The molecule has 1 spiro atoms. The fourth-order valence-corrected chi connectivity index (χ4v) is 3.42. The second-order valence-electron chi connectivity index (χ2n) is 4.24. The number of hydrogen-bond donors (Lipinski definition) is 0. The Labute approximate surface area is 96.9 Å². The highest BCUT2D eigenvalue weighted by Crippen LogP contribution is 2.41. The minimum absolute atomic E-state index is 0.258. The van der Waals surface area contributed by atoms with Crippen LogP contribution in [0.2, 0.25) is 0 Å². The highest BCUT2D eigenvalue weighted by atomic mass is 79.9. The predicted molar refractivity (Wildman–Crippen MR) is 61.8 cm³/mol. The number of hydrogen-bond acceptors (Lipinski definition) is 1. The van der Waals surface area contributed by atoms with E-state index in [1.54, 1.807) is 0 Å². The van der Waals surface area contributed by atoms with E-state index < -0.39 is 0 Å². The fraction of sp³-hybridized carbons (Fsp3) is 1.00. The molecule has 1 aliphatic carbocycles. The third-order valence-corrected chi connectivity index (χ3v) is 6.23. The molecule has 2 fully saturated rings. The second-order valence-corrected chi connectivity index (χ2v) is 6.60. The molecule has 0 aromatic carbocycles. The van der Waals surface area contributed by atoms with Gasteiger partial charge in [0.2, 0.25) is 0 Å². The molecule has 1 nitrogen and oxygen atoms in total. The molecule has 2 aliphatic rings. The van der Waals surface area contributed by atoms with Crippen LogP contribution in [-0.2, 0) is 4.74 Å². The molecule has 1 unspecified atom stereocenters. The van der Waals surface area contributed by atoms with Crippen molar-refractivity contribution in [2.45, 2.75) is 53.8 Å². The molecule has 3 atom stereocenters. The van der Waals surface area contributed by atoms with Crippen molar-refractivity contribution in [1.82, 2.24) is 0 Å². The summed E-state index contributed by atoms with van der Waals surface area (Å²) in [5.74, 6) is 0. The van der Waals surface area contributed by atoms with Crippen LogP contribution in [0.5, 0.6) is 0 Å². The lowest BCUT2D eigenvalue weighted by molar-refractivity contribution is -0.00759. The molecule has 0 N–H and O–H groups in total. The second kappa shape index (κ2) is 4.19. The highest BCUT2D eigenvalue weighted by Gasteiger charge is 2.38. The summed E-state index contributed by atoms with van der Waals surface area (Å²) < 4.78 is 5.92. The summed E-state index contributed by atoms with van der Waals surface area (Å²) in [6.07, 6.45) is 7.52. The largest absolute Gasteiger partial charge is 0.375 e. The minimum atomic E-state index is 0.258. The van der Waals surface area contributed by atoms with Crippen molar-refractivity contribution >= 4 is 31.9 Å². The first-order valence-corrected chi connectivity index (χ1v) is 6.97. The van der Waals surface area contributed by atoms with Crippen molar-refractivity contribution in [1.29, 1.82) is 0 Å². The van der Waals surface area contributed by atoms with Crippen LogP contribution in [0.3, 0.4) is 0 Å². The van der Waals surface area contributed by atoms with Crippen LogP contribution in [0.15, 0.2) is 0 Å². The molecule has 3 heteroatoms. The first kappa shape index (κ1) is 10.4. The summed E-state index contributed by atoms with van der Waals surface area (Å²) in [5, 5.41) is 0. The summed E-state index contributed by atoms with van der Waals surface area (Å²) in [6, 6.07) is 0. The lowest BCUT2D eigenvalue weighted by Gasteiger charge is -2.26. The maximum Gasteiger partial charge on any atom is 0.0684 e. The molecule has 1 aliphatic heterocycles. The molecular formula is C10H16Br2O. The van der Waals surface area contributed by atoms with Gasteiger partial charge in [-0.3, -0.25) is 0 Å². The van der Waals surface area contributed by atoms with E-state index in [1.165, 1.54) is 38.5 Å². The summed E-state index contributed by atoms with van der Waals surface area (Å²) in [7, 11) is 0. The standard InChI is InChI=1S/C10H16Br2O/c11-8-2-5-10(4-1-7-13-10)6-3-9(8)12/h8-9H,1-7H2/t8-,9+,10?. The fourth-order valence-electron chi connectivity index (χ4n) is 2.44. The Hall–Kier alpha value is 0.920. The van der Waals surface area contributed by atoms with Crippen molar-refractivity contribution in [3.05, 3.63) is 0 Å². The molecule has 1 saturated carbocycles. The van der Waals surface area contributed by atoms with Gasteiger partial charge in [0.1, 0.15) is 0 Å². The van der Waals surface area contributed by atoms with Crippen molar-refractivity contribution in [2.24, 2.45) is 0 Å². The van der Waals surface area contributed by atoms with E-state index in [-0.39, 0.29) is 5.60 Å². The lowest BCUT2D eigenvalue weighted by atomic mass is 9.91. The normalized spacial score (nSPS) is 46.6. The summed E-state index contributed by atoms with van der Waals surface area (Å²) in [6.45, 7) is 0.986. The molecule has 13 heavy (non-hydrogen) atoms. The Balaban J connectivity index is 2.00. The molecule has 1 saturated heterocycles. The van der Waals surface area contributed by atoms with E-state index in [4.69, 9.17) is 4.74 Å². The minimum Gasteiger partial charge on any atom is -0.375 e. The van der Waals surface area contributed by atoms with Gasteiger partial charge >= 0.3 is 0 Å². The van der Waals surface area contributed by atoms with Gasteiger partial charge in [-0.1, -0.05) is 31.9 Å². The van der Waals surface area contributed by atoms with E-state index in [9.17, 15) is 0 Å². The number of ether oxygens (including phenoxy) is 1. The Morgan fingerprint density at radius 2 is 1.62 bits per heavy atom. The van der Waals surface area contributed by atoms with Gasteiger partial charge in [-0.25, -0.2) is 0 Å². The summed E-state index contributed by atoms with van der Waals surface area (Å²) in [5.41, 5.74) is 0.258. The van der Waals surface area contributed by atoms with Crippen molar-refractivity contribution in [3.8, 4) is 0 Å². The van der Waals surface area contributed by atoms with Crippen LogP contribution in [0.4, 0.5) is 0 Å². The SMILES string of the molecule is Br[C@@H]1CCC2(CCCO2)CC[C@@H]1Br. The third kappa shape index (κ3) is 2.29. The van der Waals surface area contributed by atoms with Gasteiger partial charge in [-0.2, -0.15) is 0 Å². The van der Waals surface area contributed by atoms with Gasteiger partial charge in [0.05, 0.1) is 5.60 Å². The summed E-state index contributed by atoms with van der Waals surface area (Å²) in [4.78, 5) is 1.27. The molecule has 76 valence electrons. The molecule has 0 bridgehead atoms. The van der Waals surface area contributed by atoms with Crippen LogP contribution in [0.25, 0.3) is 0 Å². The van der Waals surface area contributed by atoms with Gasteiger partial charge in [0.15, 0.2) is 0 Å². The number of rotatable bonds is 0. The van der Waals surface area contributed by atoms with E-state index in [0.717, 1.165) is 6.61 Å². The van der Waals surface area contributed by atoms with Crippen LogP contribution < -0.4 is 0 Å². The molecule has 0 aromatic heterocycles. The molecule has 0 radical (unpaired) electrons. The van der Waals surface area contributed by atoms with Crippen LogP contribution in [-0.4, -0.2) is 21.9 Å². The van der Waals surface area contributed by atoms with E-state index in [2.05, 4.69) is 31.9 Å². The van der Waals surface area contributed by atoms with Gasteiger partial charge in [-0.05, 0) is 38.5 Å². The summed E-state index contributed by atoms with van der Waals surface area (Å²) >= 11 is 7.46. The quantitative estimate of drug-likeness (QED) is 0.621. The van der Waals surface area contributed by atoms with E-state index >= 15 is 0 Å². The zero-order valence-corrected chi connectivity index (χ0v) is 10.9. The van der Waals surface area contributed by atoms with Gasteiger partial charge < -0.3 is 4.74 Å². The molecule has 2 rings (SSSR count). The predicted octanol–water partition coefficient (Wildman–Crippen LogP) is 3.64. The molecule has 1 heterocycles. The molecular weight excluding hydrogens is 296 g/mol. The Bertz CT molecular complexity index is 164. The number of halogens is 2.